The highest BCUT2D eigenvalue weighted by molar-refractivity contribution is 6.30. The molecule has 3 fully saturated rings. The van der Waals surface area contributed by atoms with Crippen LogP contribution in [0.2, 0.25) is 5.02 Å². The van der Waals surface area contributed by atoms with E-state index in [-0.39, 0.29) is 23.3 Å². The number of nitrogens with one attached hydrogen (secondary N) is 1. The maximum Gasteiger partial charge on any atom is 0.242 e. The number of amides is 2. The molecule has 1 aromatic carbocycles. The molecular formula is C24H36ClN5O2. The van der Waals surface area contributed by atoms with Crippen molar-refractivity contribution in [2.75, 3.05) is 50.7 Å². The Hall–Kier alpha value is -1.83. The molecule has 3 aliphatic heterocycles. The van der Waals surface area contributed by atoms with Crippen LogP contribution in [-0.2, 0) is 9.59 Å². The van der Waals surface area contributed by atoms with E-state index in [1.807, 2.05) is 23.1 Å². The Morgan fingerprint density at radius 2 is 1.88 bits per heavy atom. The van der Waals surface area contributed by atoms with Crippen LogP contribution in [0, 0.1) is 5.41 Å². The van der Waals surface area contributed by atoms with Gasteiger partial charge >= 0.3 is 0 Å². The zero-order chi connectivity index (χ0) is 22.9. The van der Waals surface area contributed by atoms with Crippen LogP contribution in [0.5, 0.6) is 0 Å². The Morgan fingerprint density at radius 1 is 1.19 bits per heavy atom. The molecule has 3 N–H and O–H groups in total. The third-order valence-corrected chi connectivity index (χ3v) is 7.59. The van der Waals surface area contributed by atoms with Gasteiger partial charge in [0.2, 0.25) is 11.8 Å². The van der Waals surface area contributed by atoms with Crippen molar-refractivity contribution in [2.24, 2.45) is 11.1 Å². The summed E-state index contributed by atoms with van der Waals surface area (Å²) in [5.41, 5.74) is 5.99. The van der Waals surface area contributed by atoms with Gasteiger partial charge in [0, 0.05) is 62.6 Å². The number of hydrogen-bond donors (Lipinski definition) is 2. The van der Waals surface area contributed by atoms with E-state index in [0.29, 0.717) is 13.1 Å². The molecule has 0 radical (unpaired) electrons. The van der Waals surface area contributed by atoms with Gasteiger partial charge < -0.3 is 20.9 Å². The predicted octanol–water partition coefficient (Wildman–Crippen LogP) is 2.09. The van der Waals surface area contributed by atoms with Gasteiger partial charge in [-0.3, -0.25) is 14.5 Å². The first kappa shape index (κ1) is 23.3. The van der Waals surface area contributed by atoms with E-state index in [9.17, 15) is 9.59 Å². The molecule has 7 nitrogen and oxygen atoms in total. The lowest BCUT2D eigenvalue weighted by Crippen LogP contribution is -2.55. The number of piperazine rings is 1. The van der Waals surface area contributed by atoms with Crippen molar-refractivity contribution < 1.29 is 9.59 Å². The summed E-state index contributed by atoms with van der Waals surface area (Å²) in [5.74, 6) is 0.145. The van der Waals surface area contributed by atoms with E-state index in [0.717, 1.165) is 63.4 Å². The Balaban J connectivity index is 1.23. The summed E-state index contributed by atoms with van der Waals surface area (Å²) in [4.78, 5) is 32.0. The number of piperidine rings is 1. The van der Waals surface area contributed by atoms with Gasteiger partial charge in [-0.25, -0.2) is 0 Å². The fraction of sp³-hybridized carbons (Fsp3) is 0.667. The summed E-state index contributed by atoms with van der Waals surface area (Å²) in [7, 11) is 0. The zero-order valence-electron chi connectivity index (χ0n) is 19.3. The molecule has 1 spiro atoms. The van der Waals surface area contributed by atoms with Crippen molar-refractivity contribution >= 4 is 29.1 Å². The standard InChI is InChI=1S/C24H36ClN5O2/c1-23(2,26)22(32)30-10-7-24(8-11-30)17-19(27-21(24)31)6-9-28-12-14-29(15-13-28)20-5-3-4-18(25)16-20/h3-5,16,19H,6-15,17,26H2,1-2H3,(H,27,31). The molecule has 2 amide bonds. The number of rotatable bonds is 5. The SMILES string of the molecule is CC(C)(N)C(=O)N1CCC2(CC1)CC(CCN1CCN(c3cccc(Cl)c3)CC1)NC2=O. The Morgan fingerprint density at radius 3 is 2.50 bits per heavy atom. The van der Waals surface area contributed by atoms with E-state index in [4.69, 9.17) is 17.3 Å². The molecular weight excluding hydrogens is 426 g/mol. The minimum atomic E-state index is -0.859. The number of hydrogen-bond acceptors (Lipinski definition) is 5. The van der Waals surface area contributed by atoms with Crippen LogP contribution >= 0.6 is 11.6 Å². The third-order valence-electron chi connectivity index (χ3n) is 7.35. The molecule has 3 saturated heterocycles. The van der Waals surface area contributed by atoms with Crippen LogP contribution in [0.4, 0.5) is 5.69 Å². The molecule has 0 bridgehead atoms. The lowest BCUT2D eigenvalue weighted by Gasteiger charge is -2.39. The van der Waals surface area contributed by atoms with Crippen LogP contribution < -0.4 is 16.0 Å². The van der Waals surface area contributed by atoms with Gasteiger partial charge in [0.1, 0.15) is 0 Å². The Bertz CT molecular complexity index is 839. The number of anilines is 1. The van der Waals surface area contributed by atoms with Crippen LogP contribution in [0.25, 0.3) is 0 Å². The minimum Gasteiger partial charge on any atom is -0.369 e. The van der Waals surface area contributed by atoms with Gasteiger partial charge in [0.15, 0.2) is 0 Å². The number of carbonyl (C=O) groups is 2. The molecule has 32 heavy (non-hydrogen) atoms. The van der Waals surface area contributed by atoms with Crippen LogP contribution in [0.1, 0.15) is 39.5 Å². The second-order valence-electron chi connectivity index (χ2n) is 10.3. The molecule has 0 aromatic heterocycles. The lowest BCUT2D eigenvalue weighted by atomic mass is 9.75. The molecule has 4 rings (SSSR count). The zero-order valence-corrected chi connectivity index (χ0v) is 20.0. The smallest absolute Gasteiger partial charge is 0.242 e. The molecule has 1 unspecified atom stereocenters. The average Bonchev–Trinajstić information content (AvgIpc) is 3.07. The van der Waals surface area contributed by atoms with Gasteiger partial charge in [-0.2, -0.15) is 0 Å². The van der Waals surface area contributed by atoms with E-state index >= 15 is 0 Å². The number of carbonyl (C=O) groups excluding carboxylic acids is 2. The largest absolute Gasteiger partial charge is 0.369 e. The predicted molar refractivity (Wildman–Crippen MR) is 128 cm³/mol. The van der Waals surface area contributed by atoms with Crippen molar-refractivity contribution in [2.45, 2.75) is 51.1 Å². The van der Waals surface area contributed by atoms with Gasteiger partial charge in [-0.05, 0) is 57.7 Å². The van der Waals surface area contributed by atoms with Crippen molar-refractivity contribution in [3.8, 4) is 0 Å². The topological polar surface area (TPSA) is 81.9 Å². The lowest BCUT2D eigenvalue weighted by molar-refractivity contribution is -0.141. The van der Waals surface area contributed by atoms with Crippen LogP contribution in [0.15, 0.2) is 24.3 Å². The molecule has 0 aliphatic carbocycles. The quantitative estimate of drug-likeness (QED) is 0.701. The highest BCUT2D eigenvalue weighted by atomic mass is 35.5. The van der Waals surface area contributed by atoms with E-state index in [2.05, 4.69) is 21.2 Å². The summed E-state index contributed by atoms with van der Waals surface area (Å²) in [5, 5.41) is 4.03. The summed E-state index contributed by atoms with van der Waals surface area (Å²) in [6.45, 7) is 9.73. The Kier molecular flexibility index (Phi) is 6.71. The third kappa shape index (κ3) is 5.05. The first-order chi connectivity index (χ1) is 15.2. The van der Waals surface area contributed by atoms with Gasteiger partial charge in [-0.15, -0.1) is 0 Å². The second kappa shape index (κ2) is 9.20. The summed E-state index contributed by atoms with van der Waals surface area (Å²) < 4.78 is 0. The van der Waals surface area contributed by atoms with Crippen LogP contribution in [0.3, 0.4) is 0 Å². The van der Waals surface area contributed by atoms with Crippen LogP contribution in [-0.4, -0.2) is 79.0 Å². The number of benzene rings is 1. The monoisotopic (exact) mass is 461 g/mol. The first-order valence-electron chi connectivity index (χ1n) is 11.8. The maximum atomic E-state index is 12.8. The number of likely N-dealkylation sites (tertiary alicyclic amines) is 1. The molecule has 1 aromatic rings. The summed E-state index contributed by atoms with van der Waals surface area (Å²) in [6, 6.07) is 8.27. The fourth-order valence-electron chi connectivity index (χ4n) is 5.35. The Labute approximate surface area is 196 Å². The summed E-state index contributed by atoms with van der Waals surface area (Å²) in [6.07, 6.45) is 3.32. The van der Waals surface area contributed by atoms with E-state index in [1.54, 1.807) is 13.8 Å². The molecule has 3 aliphatic rings. The molecule has 0 saturated carbocycles. The van der Waals surface area contributed by atoms with Gasteiger partial charge in [-0.1, -0.05) is 17.7 Å². The van der Waals surface area contributed by atoms with E-state index < -0.39 is 5.54 Å². The maximum absolute atomic E-state index is 12.8. The van der Waals surface area contributed by atoms with Crippen molar-refractivity contribution in [3.63, 3.8) is 0 Å². The molecule has 8 heteroatoms. The van der Waals surface area contributed by atoms with Crippen molar-refractivity contribution in [1.82, 2.24) is 15.1 Å². The number of nitrogens with zero attached hydrogens (tertiary/aromatic N) is 3. The fourth-order valence-corrected chi connectivity index (χ4v) is 5.53. The molecule has 3 heterocycles. The first-order valence-corrected chi connectivity index (χ1v) is 12.2. The van der Waals surface area contributed by atoms with E-state index in [1.165, 1.54) is 5.69 Å². The minimum absolute atomic E-state index is 0.0285. The second-order valence-corrected chi connectivity index (χ2v) is 10.7. The average molecular weight is 462 g/mol. The molecule has 176 valence electrons. The number of halogens is 1. The summed E-state index contributed by atoms with van der Waals surface area (Å²) >= 11 is 6.14. The highest BCUT2D eigenvalue weighted by Gasteiger charge is 2.49. The van der Waals surface area contributed by atoms with Gasteiger partial charge in [0.05, 0.1) is 11.0 Å². The molecule has 1 atom stereocenters. The highest BCUT2D eigenvalue weighted by Crippen LogP contribution is 2.41. The van der Waals surface area contributed by atoms with Gasteiger partial charge in [0.25, 0.3) is 0 Å². The number of nitrogens with two attached hydrogens (primary N) is 1. The normalized spacial score (nSPS) is 24.1. The van der Waals surface area contributed by atoms with Crippen molar-refractivity contribution in [1.29, 1.82) is 0 Å². The van der Waals surface area contributed by atoms with Crippen molar-refractivity contribution in [3.05, 3.63) is 29.3 Å².